The first-order chi connectivity index (χ1) is 6.81. The van der Waals surface area contributed by atoms with Crippen molar-refractivity contribution in [2.75, 3.05) is 32.8 Å². The number of carbonyl (C=O) groups is 1. The van der Waals surface area contributed by atoms with Crippen molar-refractivity contribution >= 4 is 11.9 Å². The van der Waals surface area contributed by atoms with Gasteiger partial charge in [-0.3, -0.25) is 9.79 Å². The van der Waals surface area contributed by atoms with Crippen LogP contribution >= 0.6 is 0 Å². The van der Waals surface area contributed by atoms with Crippen molar-refractivity contribution in [3.63, 3.8) is 0 Å². The van der Waals surface area contributed by atoms with Crippen molar-refractivity contribution in [1.29, 1.82) is 0 Å². The molecule has 0 aromatic rings. The summed E-state index contributed by atoms with van der Waals surface area (Å²) in [5, 5.41) is 3.17. The van der Waals surface area contributed by atoms with E-state index in [-0.39, 0.29) is 11.9 Å². The topological polar surface area (TPSA) is 53.9 Å². The zero-order chi connectivity index (χ0) is 9.97. The van der Waals surface area contributed by atoms with Crippen molar-refractivity contribution in [2.45, 2.75) is 6.92 Å². The molecule has 1 saturated heterocycles. The first-order valence-corrected chi connectivity index (χ1v) is 5.01. The minimum absolute atomic E-state index is 0.0846. The second-order valence-electron chi connectivity index (χ2n) is 3.49. The number of fused-ring (bicyclic) bond motifs is 1. The Balaban J connectivity index is 1.96. The summed E-state index contributed by atoms with van der Waals surface area (Å²) in [6.07, 6.45) is 0. The third-order valence-electron chi connectivity index (χ3n) is 2.49. The Morgan fingerprint density at radius 2 is 2.64 bits per heavy atom. The summed E-state index contributed by atoms with van der Waals surface area (Å²) < 4.78 is 4.97. The van der Waals surface area contributed by atoms with Gasteiger partial charge >= 0.3 is 5.97 Å². The molecule has 2 aliphatic rings. The number of rotatable bonds is 2. The summed E-state index contributed by atoms with van der Waals surface area (Å²) in [4.78, 5) is 17.9. The minimum Gasteiger partial charge on any atom is -0.466 e. The van der Waals surface area contributed by atoms with Crippen LogP contribution in [0.15, 0.2) is 4.99 Å². The number of hydrogen-bond donors (Lipinski definition) is 1. The molecule has 78 valence electrons. The predicted octanol–water partition coefficient (Wildman–Crippen LogP) is -0.559. The molecular formula is C9H15N3O2. The number of nitrogens with one attached hydrogen (secondary N) is 1. The molecule has 1 atom stereocenters. The van der Waals surface area contributed by atoms with Crippen LogP contribution in [0.2, 0.25) is 0 Å². The van der Waals surface area contributed by atoms with Crippen molar-refractivity contribution in [1.82, 2.24) is 10.2 Å². The number of guanidine groups is 1. The summed E-state index contributed by atoms with van der Waals surface area (Å²) in [6.45, 7) is 5.43. The monoisotopic (exact) mass is 197 g/mol. The number of carbonyl (C=O) groups excluding carboxylic acids is 1. The summed E-state index contributed by atoms with van der Waals surface area (Å²) in [5.74, 6) is 0.728. The standard InChI is InChI=1S/C9H15N3O2/c1-2-14-8(13)7-5-11-9-10-3-4-12(9)6-7/h7H,2-6H2,1H3,(H,10,11). The van der Waals surface area contributed by atoms with Crippen LogP contribution in [0.5, 0.6) is 0 Å². The summed E-state index contributed by atoms with van der Waals surface area (Å²) in [7, 11) is 0. The van der Waals surface area contributed by atoms with E-state index in [0.717, 1.165) is 25.6 Å². The lowest BCUT2D eigenvalue weighted by molar-refractivity contribution is -0.148. The maximum Gasteiger partial charge on any atom is 0.312 e. The maximum absolute atomic E-state index is 11.4. The average molecular weight is 197 g/mol. The zero-order valence-corrected chi connectivity index (χ0v) is 8.32. The Kier molecular flexibility index (Phi) is 2.56. The molecule has 0 aromatic heterocycles. The quantitative estimate of drug-likeness (QED) is 0.603. The number of nitrogens with zero attached hydrogens (tertiary/aromatic N) is 2. The van der Waals surface area contributed by atoms with Gasteiger partial charge in [0.15, 0.2) is 5.96 Å². The van der Waals surface area contributed by atoms with Gasteiger partial charge in [0.2, 0.25) is 0 Å². The van der Waals surface area contributed by atoms with E-state index in [2.05, 4.69) is 15.2 Å². The van der Waals surface area contributed by atoms with Crippen LogP contribution in [0, 0.1) is 5.92 Å². The highest BCUT2D eigenvalue weighted by Crippen LogP contribution is 2.12. The highest BCUT2D eigenvalue weighted by Gasteiger charge is 2.30. The Labute approximate surface area is 83.1 Å². The van der Waals surface area contributed by atoms with Gasteiger partial charge in [-0.05, 0) is 6.92 Å². The fourth-order valence-corrected chi connectivity index (χ4v) is 1.78. The number of aliphatic imine (C=N–C) groups is 1. The van der Waals surface area contributed by atoms with Crippen LogP contribution in [0.3, 0.4) is 0 Å². The van der Waals surface area contributed by atoms with Crippen LogP contribution in [0.25, 0.3) is 0 Å². The molecule has 0 aliphatic carbocycles. The molecule has 5 heteroatoms. The van der Waals surface area contributed by atoms with E-state index in [9.17, 15) is 4.79 Å². The van der Waals surface area contributed by atoms with Gasteiger partial charge < -0.3 is 15.0 Å². The zero-order valence-electron chi connectivity index (χ0n) is 8.32. The third kappa shape index (κ3) is 1.66. The summed E-state index contributed by atoms with van der Waals surface area (Å²) in [5.41, 5.74) is 0. The van der Waals surface area contributed by atoms with Crippen molar-refractivity contribution in [2.24, 2.45) is 10.9 Å². The number of esters is 1. The molecule has 14 heavy (non-hydrogen) atoms. The third-order valence-corrected chi connectivity index (χ3v) is 2.49. The molecule has 2 rings (SSSR count). The van der Waals surface area contributed by atoms with Crippen molar-refractivity contribution in [3.05, 3.63) is 0 Å². The molecule has 0 saturated carbocycles. The number of ether oxygens (including phenoxy) is 1. The van der Waals surface area contributed by atoms with Crippen LogP contribution in [-0.2, 0) is 9.53 Å². The fourth-order valence-electron chi connectivity index (χ4n) is 1.78. The summed E-state index contributed by atoms with van der Waals surface area (Å²) >= 11 is 0. The lowest BCUT2D eigenvalue weighted by Crippen LogP contribution is -2.42. The Morgan fingerprint density at radius 3 is 3.43 bits per heavy atom. The molecule has 0 radical (unpaired) electrons. The molecule has 1 fully saturated rings. The average Bonchev–Trinajstić information content (AvgIpc) is 2.64. The second kappa shape index (κ2) is 3.86. The fraction of sp³-hybridized carbons (Fsp3) is 0.778. The number of hydrogen-bond acceptors (Lipinski definition) is 5. The van der Waals surface area contributed by atoms with Gasteiger partial charge in [0, 0.05) is 19.6 Å². The van der Waals surface area contributed by atoms with Gasteiger partial charge in [-0.1, -0.05) is 0 Å². The van der Waals surface area contributed by atoms with Crippen molar-refractivity contribution in [3.8, 4) is 0 Å². The minimum atomic E-state index is -0.123. The van der Waals surface area contributed by atoms with Gasteiger partial charge in [-0.2, -0.15) is 0 Å². The molecule has 0 spiro atoms. The van der Waals surface area contributed by atoms with E-state index in [1.54, 1.807) is 0 Å². The van der Waals surface area contributed by atoms with Crippen LogP contribution in [0.4, 0.5) is 0 Å². The second-order valence-corrected chi connectivity index (χ2v) is 3.49. The maximum atomic E-state index is 11.4. The Bertz CT molecular complexity index is 265. The van der Waals surface area contributed by atoms with E-state index >= 15 is 0 Å². The highest BCUT2D eigenvalue weighted by atomic mass is 16.5. The Morgan fingerprint density at radius 1 is 1.79 bits per heavy atom. The SMILES string of the molecule is CCOC(=O)C1CN=C2NCCN2C1. The van der Waals surface area contributed by atoms with E-state index < -0.39 is 0 Å². The van der Waals surface area contributed by atoms with E-state index in [1.807, 2.05) is 6.92 Å². The molecule has 0 bridgehead atoms. The summed E-state index contributed by atoms with van der Waals surface area (Å²) in [6, 6.07) is 0. The smallest absolute Gasteiger partial charge is 0.312 e. The predicted molar refractivity (Wildman–Crippen MR) is 52.0 cm³/mol. The van der Waals surface area contributed by atoms with Gasteiger partial charge in [0.1, 0.15) is 0 Å². The molecule has 5 nitrogen and oxygen atoms in total. The van der Waals surface area contributed by atoms with Gasteiger partial charge in [-0.25, -0.2) is 0 Å². The van der Waals surface area contributed by atoms with Crippen LogP contribution < -0.4 is 5.32 Å². The van der Waals surface area contributed by atoms with Gasteiger partial charge in [-0.15, -0.1) is 0 Å². The van der Waals surface area contributed by atoms with E-state index in [1.165, 1.54) is 0 Å². The molecule has 1 unspecified atom stereocenters. The Hall–Kier alpha value is -1.26. The molecular weight excluding hydrogens is 182 g/mol. The first kappa shape index (κ1) is 9.30. The molecule has 0 amide bonds. The molecule has 0 aromatic carbocycles. The van der Waals surface area contributed by atoms with E-state index in [4.69, 9.17) is 4.74 Å². The highest BCUT2D eigenvalue weighted by molar-refractivity contribution is 5.84. The van der Waals surface area contributed by atoms with E-state index in [0.29, 0.717) is 13.2 Å². The van der Waals surface area contributed by atoms with Gasteiger partial charge in [0.05, 0.1) is 19.1 Å². The molecule has 1 N–H and O–H groups in total. The first-order valence-electron chi connectivity index (χ1n) is 5.01. The normalized spacial score (nSPS) is 25.1. The largest absolute Gasteiger partial charge is 0.466 e. The van der Waals surface area contributed by atoms with Crippen LogP contribution in [-0.4, -0.2) is 49.6 Å². The van der Waals surface area contributed by atoms with Crippen LogP contribution in [0.1, 0.15) is 6.92 Å². The molecule has 2 heterocycles. The van der Waals surface area contributed by atoms with Gasteiger partial charge in [0.25, 0.3) is 0 Å². The molecule has 2 aliphatic heterocycles. The lowest BCUT2D eigenvalue weighted by Gasteiger charge is -2.26. The lowest BCUT2D eigenvalue weighted by atomic mass is 10.1. The van der Waals surface area contributed by atoms with Crippen molar-refractivity contribution < 1.29 is 9.53 Å².